The van der Waals surface area contributed by atoms with Gasteiger partial charge in [0.2, 0.25) is 5.91 Å². The standard InChI is InChI=1S/C23H20ClN3O4S/c24-15-4-1-13(2-5-15)9-17(23(30)27-8-7-19-21(27)18(28)11-31-19)26-22(29)14-3-6-20-16(10-14)25-12-32-20/h1-6,10,12,17,19,21H,7-9,11H2,(H,26,29). The minimum absolute atomic E-state index is 0.0287. The number of amides is 2. The number of nitrogens with one attached hydrogen (secondary N) is 1. The zero-order valence-corrected chi connectivity index (χ0v) is 18.6. The lowest BCUT2D eigenvalue weighted by Crippen LogP contribution is -2.53. The Kier molecular flexibility index (Phi) is 5.67. The van der Waals surface area contributed by atoms with E-state index in [2.05, 4.69) is 10.3 Å². The third kappa shape index (κ3) is 4.01. The average Bonchev–Trinajstić information content (AvgIpc) is 3.51. The first kappa shape index (κ1) is 21.1. The zero-order chi connectivity index (χ0) is 22.2. The lowest BCUT2D eigenvalue weighted by atomic mass is 10.0. The predicted octanol–water partition coefficient (Wildman–Crippen LogP) is 2.86. The number of Topliss-reactive ketones (excluding diaryl/α,β-unsaturated/α-hetero) is 1. The van der Waals surface area contributed by atoms with Gasteiger partial charge in [-0.3, -0.25) is 14.4 Å². The second-order valence-electron chi connectivity index (χ2n) is 7.97. The second kappa shape index (κ2) is 8.61. The number of rotatable bonds is 5. The Hall–Kier alpha value is -2.81. The minimum Gasteiger partial charge on any atom is -0.368 e. The summed E-state index contributed by atoms with van der Waals surface area (Å²) in [6.07, 6.45) is 0.638. The third-order valence-corrected chi connectivity index (χ3v) is 7.01. The van der Waals surface area contributed by atoms with Crippen molar-refractivity contribution < 1.29 is 19.1 Å². The van der Waals surface area contributed by atoms with Gasteiger partial charge in [-0.2, -0.15) is 0 Å². The highest BCUT2D eigenvalue weighted by molar-refractivity contribution is 7.16. The van der Waals surface area contributed by atoms with Gasteiger partial charge >= 0.3 is 0 Å². The minimum atomic E-state index is -0.832. The van der Waals surface area contributed by atoms with E-state index in [1.807, 2.05) is 18.2 Å². The third-order valence-electron chi connectivity index (χ3n) is 5.94. The second-order valence-corrected chi connectivity index (χ2v) is 9.30. The molecule has 7 nitrogen and oxygen atoms in total. The van der Waals surface area contributed by atoms with E-state index in [4.69, 9.17) is 16.3 Å². The number of likely N-dealkylation sites (tertiary alicyclic amines) is 1. The zero-order valence-electron chi connectivity index (χ0n) is 17.0. The molecule has 5 rings (SSSR count). The number of ketones is 1. The van der Waals surface area contributed by atoms with Crippen LogP contribution in [0.1, 0.15) is 22.3 Å². The number of halogens is 1. The normalized spacial score (nSPS) is 21.0. The van der Waals surface area contributed by atoms with Crippen LogP contribution in [-0.4, -0.2) is 58.8 Å². The lowest BCUT2D eigenvalue weighted by molar-refractivity contribution is -0.138. The van der Waals surface area contributed by atoms with Crippen LogP contribution in [0.2, 0.25) is 5.02 Å². The lowest BCUT2D eigenvalue weighted by Gasteiger charge is -2.27. The number of hydrogen-bond donors (Lipinski definition) is 1. The molecule has 2 aliphatic heterocycles. The Labute approximate surface area is 193 Å². The van der Waals surface area contributed by atoms with Gasteiger partial charge in [0, 0.05) is 23.6 Å². The van der Waals surface area contributed by atoms with Crippen LogP contribution in [0.4, 0.5) is 0 Å². The van der Waals surface area contributed by atoms with Crippen LogP contribution < -0.4 is 5.32 Å². The molecule has 3 heterocycles. The molecule has 3 unspecified atom stereocenters. The molecule has 0 saturated carbocycles. The van der Waals surface area contributed by atoms with Crippen molar-refractivity contribution in [1.29, 1.82) is 0 Å². The van der Waals surface area contributed by atoms with Crippen LogP contribution in [0.15, 0.2) is 48.0 Å². The summed E-state index contributed by atoms with van der Waals surface area (Å²) in [5, 5.41) is 3.48. The maximum Gasteiger partial charge on any atom is 0.252 e. The fraction of sp³-hybridized carbons (Fsp3) is 0.304. The van der Waals surface area contributed by atoms with Crippen molar-refractivity contribution in [3.05, 3.63) is 64.1 Å². The SMILES string of the molecule is O=C(NC(Cc1ccc(Cl)cc1)C(=O)N1CCC2OCC(=O)C21)c1ccc2scnc2c1. The number of fused-ring (bicyclic) bond motifs is 2. The van der Waals surface area contributed by atoms with Crippen LogP contribution in [0.3, 0.4) is 0 Å². The van der Waals surface area contributed by atoms with Crippen LogP contribution >= 0.6 is 22.9 Å². The summed E-state index contributed by atoms with van der Waals surface area (Å²) in [4.78, 5) is 44.7. The fourth-order valence-corrected chi connectivity index (χ4v) is 5.12. The molecule has 2 aromatic carbocycles. The molecule has 164 valence electrons. The van der Waals surface area contributed by atoms with Gasteiger partial charge in [0.05, 0.1) is 21.8 Å². The molecule has 2 saturated heterocycles. The number of carbonyl (C=O) groups is 3. The van der Waals surface area contributed by atoms with E-state index < -0.39 is 12.1 Å². The van der Waals surface area contributed by atoms with E-state index in [0.29, 0.717) is 23.6 Å². The summed E-state index contributed by atoms with van der Waals surface area (Å²) < 4.78 is 6.50. The summed E-state index contributed by atoms with van der Waals surface area (Å²) in [5.74, 6) is -0.738. The smallest absolute Gasteiger partial charge is 0.252 e. The van der Waals surface area contributed by atoms with Gasteiger partial charge < -0.3 is 15.0 Å². The van der Waals surface area contributed by atoms with Gasteiger partial charge in [-0.25, -0.2) is 4.98 Å². The van der Waals surface area contributed by atoms with Crippen molar-refractivity contribution in [1.82, 2.24) is 15.2 Å². The van der Waals surface area contributed by atoms with Crippen molar-refractivity contribution in [2.24, 2.45) is 0 Å². The molecule has 1 aromatic heterocycles. The molecule has 9 heteroatoms. The first-order valence-electron chi connectivity index (χ1n) is 10.3. The van der Waals surface area contributed by atoms with E-state index >= 15 is 0 Å². The Morgan fingerprint density at radius 3 is 2.88 bits per heavy atom. The Balaban J connectivity index is 1.40. The molecular weight excluding hydrogens is 450 g/mol. The highest BCUT2D eigenvalue weighted by Gasteiger charge is 2.48. The number of benzene rings is 2. The maximum absolute atomic E-state index is 13.5. The molecule has 2 amide bonds. The Morgan fingerprint density at radius 1 is 1.25 bits per heavy atom. The summed E-state index contributed by atoms with van der Waals surface area (Å²) in [6.45, 7) is 0.457. The predicted molar refractivity (Wildman–Crippen MR) is 121 cm³/mol. The molecule has 0 spiro atoms. The van der Waals surface area contributed by atoms with Crippen LogP contribution in [-0.2, 0) is 20.7 Å². The molecular formula is C23H20ClN3O4S. The van der Waals surface area contributed by atoms with Gasteiger partial charge in [-0.1, -0.05) is 23.7 Å². The highest BCUT2D eigenvalue weighted by Crippen LogP contribution is 2.28. The van der Waals surface area contributed by atoms with E-state index in [1.54, 1.807) is 34.7 Å². The molecule has 1 N–H and O–H groups in total. The summed E-state index contributed by atoms with van der Waals surface area (Å²) in [5.41, 5.74) is 3.74. The molecule has 32 heavy (non-hydrogen) atoms. The van der Waals surface area contributed by atoms with Gasteiger partial charge in [-0.15, -0.1) is 11.3 Å². The van der Waals surface area contributed by atoms with Crippen molar-refractivity contribution in [2.75, 3.05) is 13.2 Å². The number of hydrogen-bond acceptors (Lipinski definition) is 6. The molecule has 2 aliphatic rings. The van der Waals surface area contributed by atoms with Crippen molar-refractivity contribution in [3.63, 3.8) is 0 Å². The largest absolute Gasteiger partial charge is 0.368 e. The van der Waals surface area contributed by atoms with Gasteiger partial charge in [0.25, 0.3) is 5.91 Å². The first-order chi connectivity index (χ1) is 15.5. The van der Waals surface area contributed by atoms with E-state index in [0.717, 1.165) is 15.8 Å². The van der Waals surface area contributed by atoms with Crippen LogP contribution in [0.5, 0.6) is 0 Å². The van der Waals surface area contributed by atoms with Crippen LogP contribution in [0.25, 0.3) is 10.2 Å². The van der Waals surface area contributed by atoms with Crippen molar-refractivity contribution in [2.45, 2.75) is 31.0 Å². The number of aromatic nitrogens is 1. The van der Waals surface area contributed by atoms with Crippen molar-refractivity contribution in [3.8, 4) is 0 Å². The molecule has 0 radical (unpaired) electrons. The topological polar surface area (TPSA) is 88.6 Å². The molecule has 0 aliphatic carbocycles. The van der Waals surface area contributed by atoms with Crippen LogP contribution in [0, 0.1) is 0 Å². The van der Waals surface area contributed by atoms with Crippen molar-refractivity contribution >= 4 is 50.8 Å². The average molecular weight is 470 g/mol. The number of ether oxygens (including phenoxy) is 1. The van der Waals surface area contributed by atoms with Gasteiger partial charge in [-0.05, 0) is 42.3 Å². The van der Waals surface area contributed by atoms with E-state index in [1.165, 1.54) is 11.3 Å². The number of carbonyl (C=O) groups excluding carboxylic acids is 3. The molecule has 3 aromatic rings. The molecule has 0 bridgehead atoms. The summed E-state index contributed by atoms with van der Waals surface area (Å²) >= 11 is 7.49. The maximum atomic E-state index is 13.5. The Bertz CT molecular complexity index is 1200. The molecule has 2 fully saturated rings. The monoisotopic (exact) mass is 469 g/mol. The quantitative estimate of drug-likeness (QED) is 0.620. The number of thiazole rings is 1. The number of nitrogens with zero attached hydrogens (tertiary/aromatic N) is 2. The first-order valence-corrected chi connectivity index (χ1v) is 11.6. The van der Waals surface area contributed by atoms with Gasteiger partial charge in [0.1, 0.15) is 18.7 Å². The summed E-state index contributed by atoms with van der Waals surface area (Å²) in [7, 11) is 0. The highest BCUT2D eigenvalue weighted by atomic mass is 35.5. The Morgan fingerprint density at radius 2 is 2.06 bits per heavy atom. The molecule has 3 atom stereocenters. The van der Waals surface area contributed by atoms with E-state index in [-0.39, 0.29) is 36.7 Å². The van der Waals surface area contributed by atoms with Gasteiger partial charge in [0.15, 0.2) is 5.78 Å². The summed E-state index contributed by atoms with van der Waals surface area (Å²) in [6, 6.07) is 11.0. The fourth-order valence-electron chi connectivity index (χ4n) is 4.34. The van der Waals surface area contributed by atoms with E-state index in [9.17, 15) is 14.4 Å².